The fraction of sp³-hybridized carbons (Fsp3) is 0. The van der Waals surface area contributed by atoms with Gasteiger partial charge in [0.25, 0.3) is 0 Å². The number of furan rings is 1. The van der Waals surface area contributed by atoms with E-state index in [2.05, 4.69) is 31.9 Å². The highest BCUT2D eigenvalue weighted by molar-refractivity contribution is 9.13. The van der Waals surface area contributed by atoms with Crippen LogP contribution in [0.1, 0.15) is 0 Å². The summed E-state index contributed by atoms with van der Waals surface area (Å²) in [6.07, 6.45) is 1.53. The largest absolute Gasteiger partial charge is 0.447 e. The topological polar surface area (TPSA) is 39.2 Å². The normalized spacial score (nSPS) is 9.75. The number of nitrogen functional groups attached to an aromatic ring is 1. The van der Waals surface area contributed by atoms with Crippen LogP contribution in [-0.4, -0.2) is 0 Å². The molecule has 4 heteroatoms. The van der Waals surface area contributed by atoms with Gasteiger partial charge in [-0.3, -0.25) is 0 Å². The van der Waals surface area contributed by atoms with E-state index in [1.54, 1.807) is 0 Å². The second-order valence-corrected chi connectivity index (χ2v) is 2.91. The van der Waals surface area contributed by atoms with E-state index in [0.29, 0.717) is 5.88 Å². The molecule has 0 saturated heterocycles. The summed E-state index contributed by atoms with van der Waals surface area (Å²) in [6.45, 7) is 0. The number of halogens is 2. The first-order chi connectivity index (χ1) is 3.72. The fourth-order valence-corrected chi connectivity index (χ4v) is 0.812. The van der Waals surface area contributed by atoms with Gasteiger partial charge in [0, 0.05) is 0 Å². The number of anilines is 1. The SMILES string of the molecule is Nc1occ(Br)c1Br. The highest BCUT2D eigenvalue weighted by Gasteiger charge is 2.02. The van der Waals surface area contributed by atoms with Crippen LogP contribution in [0.2, 0.25) is 0 Å². The molecule has 0 aliphatic heterocycles. The fourth-order valence-electron chi connectivity index (χ4n) is 0.336. The smallest absolute Gasteiger partial charge is 0.205 e. The van der Waals surface area contributed by atoms with Crippen LogP contribution in [0.15, 0.2) is 19.6 Å². The first-order valence-electron chi connectivity index (χ1n) is 1.90. The summed E-state index contributed by atoms with van der Waals surface area (Å²) in [5, 5.41) is 0. The number of nitrogens with two attached hydrogens (primary N) is 1. The van der Waals surface area contributed by atoms with Gasteiger partial charge in [0.2, 0.25) is 5.88 Å². The Labute approximate surface area is 63.3 Å². The van der Waals surface area contributed by atoms with Crippen molar-refractivity contribution in [2.75, 3.05) is 5.73 Å². The zero-order valence-corrected chi connectivity index (χ0v) is 6.99. The van der Waals surface area contributed by atoms with Gasteiger partial charge in [-0.25, -0.2) is 0 Å². The van der Waals surface area contributed by atoms with Crippen LogP contribution in [0.5, 0.6) is 0 Å². The minimum Gasteiger partial charge on any atom is -0.447 e. The standard InChI is InChI=1S/C4H3Br2NO/c5-2-1-8-4(7)3(2)6/h1H,7H2. The third-order valence-corrected chi connectivity index (χ3v) is 2.65. The third-order valence-electron chi connectivity index (χ3n) is 0.715. The molecule has 0 fully saturated rings. The van der Waals surface area contributed by atoms with Crippen molar-refractivity contribution < 1.29 is 4.42 Å². The average molecular weight is 241 g/mol. The van der Waals surface area contributed by atoms with E-state index in [4.69, 9.17) is 10.2 Å². The predicted octanol–water partition coefficient (Wildman–Crippen LogP) is 2.39. The molecular formula is C4H3Br2NO. The van der Waals surface area contributed by atoms with Crippen molar-refractivity contribution in [1.29, 1.82) is 0 Å². The van der Waals surface area contributed by atoms with Crippen LogP contribution in [0.4, 0.5) is 5.88 Å². The maximum atomic E-state index is 5.30. The third kappa shape index (κ3) is 0.902. The summed E-state index contributed by atoms with van der Waals surface area (Å²) in [7, 11) is 0. The summed E-state index contributed by atoms with van der Waals surface area (Å²) in [5.74, 6) is 0.400. The van der Waals surface area contributed by atoms with Gasteiger partial charge in [-0.05, 0) is 31.9 Å². The zero-order chi connectivity index (χ0) is 6.15. The van der Waals surface area contributed by atoms with Crippen LogP contribution in [-0.2, 0) is 0 Å². The van der Waals surface area contributed by atoms with Crippen LogP contribution in [0.25, 0.3) is 0 Å². The molecule has 2 nitrogen and oxygen atoms in total. The molecule has 1 heterocycles. The van der Waals surface area contributed by atoms with Gasteiger partial charge in [-0.15, -0.1) is 0 Å². The van der Waals surface area contributed by atoms with Gasteiger partial charge in [-0.2, -0.15) is 0 Å². The van der Waals surface area contributed by atoms with E-state index in [1.807, 2.05) is 0 Å². The van der Waals surface area contributed by atoms with E-state index < -0.39 is 0 Å². The molecular weight excluding hydrogens is 238 g/mol. The van der Waals surface area contributed by atoms with Crippen molar-refractivity contribution >= 4 is 37.7 Å². The molecule has 0 unspecified atom stereocenters. The molecule has 0 aliphatic carbocycles. The number of rotatable bonds is 0. The second-order valence-electron chi connectivity index (χ2n) is 1.26. The van der Waals surface area contributed by atoms with Crippen LogP contribution in [0, 0.1) is 0 Å². The number of hydrogen-bond donors (Lipinski definition) is 1. The molecule has 44 valence electrons. The molecule has 1 aromatic heterocycles. The quantitative estimate of drug-likeness (QED) is 0.757. The Kier molecular flexibility index (Phi) is 1.62. The molecule has 0 saturated carbocycles. The average Bonchev–Trinajstić information content (AvgIpc) is 1.98. The molecule has 1 aromatic rings. The summed E-state index contributed by atoms with van der Waals surface area (Å²) >= 11 is 6.38. The summed E-state index contributed by atoms with van der Waals surface area (Å²) in [4.78, 5) is 0. The Morgan fingerprint density at radius 2 is 2.12 bits per heavy atom. The molecule has 0 aliphatic rings. The molecule has 0 aromatic carbocycles. The minimum absolute atomic E-state index is 0.400. The van der Waals surface area contributed by atoms with Crippen molar-refractivity contribution in [3.05, 3.63) is 15.2 Å². The van der Waals surface area contributed by atoms with Crippen molar-refractivity contribution in [3.8, 4) is 0 Å². The molecule has 0 radical (unpaired) electrons. The van der Waals surface area contributed by atoms with Crippen LogP contribution in [0.3, 0.4) is 0 Å². The molecule has 0 bridgehead atoms. The van der Waals surface area contributed by atoms with Gasteiger partial charge in [-0.1, -0.05) is 0 Å². The lowest BCUT2D eigenvalue weighted by atomic mass is 10.6. The Hall–Kier alpha value is 0.0400. The molecule has 0 amide bonds. The Balaban J connectivity index is 3.19. The molecule has 8 heavy (non-hydrogen) atoms. The Morgan fingerprint density at radius 1 is 1.50 bits per heavy atom. The van der Waals surface area contributed by atoms with Gasteiger partial charge in [0.15, 0.2) is 0 Å². The summed E-state index contributed by atoms with van der Waals surface area (Å²) in [5.41, 5.74) is 5.30. The van der Waals surface area contributed by atoms with Crippen LogP contribution >= 0.6 is 31.9 Å². The lowest BCUT2D eigenvalue weighted by Gasteiger charge is -1.80. The first kappa shape index (κ1) is 6.16. The van der Waals surface area contributed by atoms with E-state index in [9.17, 15) is 0 Å². The van der Waals surface area contributed by atoms with Gasteiger partial charge in [0.1, 0.15) is 6.26 Å². The zero-order valence-electron chi connectivity index (χ0n) is 3.82. The predicted molar refractivity (Wildman–Crippen MR) is 38.5 cm³/mol. The Bertz CT molecular complexity index is 176. The monoisotopic (exact) mass is 239 g/mol. The lowest BCUT2D eigenvalue weighted by molar-refractivity contribution is 0.585. The second kappa shape index (κ2) is 2.11. The maximum Gasteiger partial charge on any atom is 0.205 e. The minimum atomic E-state index is 0.400. The van der Waals surface area contributed by atoms with Gasteiger partial charge >= 0.3 is 0 Å². The lowest BCUT2D eigenvalue weighted by Crippen LogP contribution is -1.78. The molecule has 2 N–H and O–H groups in total. The van der Waals surface area contributed by atoms with Gasteiger partial charge < -0.3 is 10.2 Å². The van der Waals surface area contributed by atoms with E-state index in [0.717, 1.165) is 8.95 Å². The van der Waals surface area contributed by atoms with Crippen molar-refractivity contribution in [2.24, 2.45) is 0 Å². The molecule has 0 atom stereocenters. The highest BCUT2D eigenvalue weighted by Crippen LogP contribution is 2.29. The van der Waals surface area contributed by atoms with Crippen molar-refractivity contribution in [3.63, 3.8) is 0 Å². The summed E-state index contributed by atoms with van der Waals surface area (Å²) in [6, 6.07) is 0. The van der Waals surface area contributed by atoms with E-state index in [-0.39, 0.29) is 0 Å². The highest BCUT2D eigenvalue weighted by atomic mass is 79.9. The molecule has 1 rings (SSSR count). The first-order valence-corrected chi connectivity index (χ1v) is 3.48. The van der Waals surface area contributed by atoms with Crippen molar-refractivity contribution in [2.45, 2.75) is 0 Å². The molecule has 0 spiro atoms. The van der Waals surface area contributed by atoms with Crippen LogP contribution < -0.4 is 5.73 Å². The number of hydrogen-bond acceptors (Lipinski definition) is 2. The summed E-state index contributed by atoms with van der Waals surface area (Å²) < 4.78 is 6.40. The Morgan fingerprint density at radius 3 is 2.25 bits per heavy atom. The van der Waals surface area contributed by atoms with Crippen molar-refractivity contribution in [1.82, 2.24) is 0 Å². The van der Waals surface area contributed by atoms with E-state index >= 15 is 0 Å². The van der Waals surface area contributed by atoms with E-state index in [1.165, 1.54) is 6.26 Å². The van der Waals surface area contributed by atoms with Gasteiger partial charge in [0.05, 0.1) is 8.95 Å². The maximum absolute atomic E-state index is 5.30.